The van der Waals surface area contributed by atoms with Gasteiger partial charge >= 0.3 is 0 Å². The van der Waals surface area contributed by atoms with Crippen LogP contribution in [0.3, 0.4) is 0 Å². The molecule has 0 spiro atoms. The summed E-state index contributed by atoms with van der Waals surface area (Å²) in [7, 11) is 0. The number of hydrogen-bond acceptors (Lipinski definition) is 6. The van der Waals surface area contributed by atoms with Crippen molar-refractivity contribution in [2.75, 3.05) is 26.4 Å². The van der Waals surface area contributed by atoms with E-state index in [9.17, 15) is 9.90 Å². The number of benzene rings is 1. The van der Waals surface area contributed by atoms with Crippen LogP contribution in [-0.2, 0) is 4.79 Å². The Bertz CT molecular complexity index is 386. The highest BCUT2D eigenvalue weighted by Crippen LogP contribution is 2.27. The summed E-state index contributed by atoms with van der Waals surface area (Å²) in [6, 6.07) is 4.51. The summed E-state index contributed by atoms with van der Waals surface area (Å²) < 4.78 is 4.80. The smallest absolute Gasteiger partial charge is 0.138 e. The van der Waals surface area contributed by atoms with Crippen LogP contribution in [0.5, 0.6) is 5.75 Å². The number of quaternary nitrogens is 4. The molecule has 0 amide bonds. The van der Waals surface area contributed by atoms with E-state index in [1.807, 2.05) is 0 Å². The largest absolute Gasteiger partial charge is 0.855 e. The molecular weight excluding hydrogens is 391 g/mol. The van der Waals surface area contributed by atoms with Crippen molar-refractivity contribution in [2.24, 2.45) is 0 Å². The number of halogens is 2. The molecule has 1 rings (SSSR count). The number of rotatable bonds is 3. The zero-order chi connectivity index (χ0) is 18.0. The lowest BCUT2D eigenvalue weighted by atomic mass is 10.3. The van der Waals surface area contributed by atoms with Crippen LogP contribution in [-0.4, -0.2) is 32.4 Å². The molecular formula is C14H36Cl2N4O6. The van der Waals surface area contributed by atoms with Gasteiger partial charge in [-0.15, -0.1) is 19.8 Å². The molecule has 0 fully saturated rings. The van der Waals surface area contributed by atoms with E-state index in [0.29, 0.717) is 5.02 Å². The quantitative estimate of drug-likeness (QED) is 0.539. The molecule has 0 saturated heterocycles. The van der Waals surface area contributed by atoms with E-state index in [1.165, 1.54) is 12.1 Å². The zero-order valence-corrected chi connectivity index (χ0v) is 18.3. The first kappa shape index (κ1) is 44.3. The van der Waals surface area contributed by atoms with Gasteiger partial charge in [-0.05, 0) is 18.2 Å². The molecule has 0 aliphatic carbocycles. The van der Waals surface area contributed by atoms with Crippen LogP contribution >= 0.6 is 23.2 Å². The molecule has 0 heterocycles. The summed E-state index contributed by atoms with van der Waals surface area (Å²) in [5.41, 5.74) is 0. The molecule has 16 N–H and O–H groups in total. The third-order valence-corrected chi connectivity index (χ3v) is 1.77. The SMILES string of the molecule is CC[O-].CC[O-].CC[O-].O=C([O-])COc1ccc(Cl)cc1Cl.[NH4+].[NH4+].[NH4+].[NH4+]. The molecule has 26 heavy (non-hydrogen) atoms. The first-order chi connectivity index (χ1) is 10.3. The summed E-state index contributed by atoms with van der Waals surface area (Å²) in [6.45, 7) is 4.18. The standard InChI is InChI=1S/C8H6Cl2O3.3C2H5O.4H3N/c9-5-1-2-7(6(10)3-5)13-4-8(11)12;3*1-2-3;;;;/h1-3H,4H2,(H,11,12);3*2H2,1H3;4*1H3/q;3*-1;;;;/p+3. The van der Waals surface area contributed by atoms with Crippen molar-refractivity contribution in [3.8, 4) is 5.75 Å². The molecule has 0 aromatic heterocycles. The van der Waals surface area contributed by atoms with Crippen LogP contribution in [0.4, 0.5) is 0 Å². The molecule has 12 heteroatoms. The van der Waals surface area contributed by atoms with E-state index >= 15 is 0 Å². The van der Waals surface area contributed by atoms with E-state index in [1.54, 1.807) is 26.8 Å². The molecule has 0 bridgehead atoms. The van der Waals surface area contributed by atoms with Gasteiger partial charge in [-0.2, -0.15) is 0 Å². The molecule has 0 unspecified atom stereocenters. The number of ether oxygens (including phenoxy) is 1. The Morgan fingerprint density at radius 1 is 0.923 bits per heavy atom. The number of carboxylic acids is 1. The maximum atomic E-state index is 10.0. The molecule has 1 aromatic rings. The molecule has 0 saturated carbocycles. The van der Waals surface area contributed by atoms with Gasteiger partial charge in [-0.25, -0.2) is 0 Å². The van der Waals surface area contributed by atoms with Crippen LogP contribution < -0.4 is 49.8 Å². The van der Waals surface area contributed by atoms with Crippen molar-refractivity contribution in [1.82, 2.24) is 24.6 Å². The second kappa shape index (κ2) is 35.0. The lowest BCUT2D eigenvalue weighted by molar-refractivity contribution is -0.362. The van der Waals surface area contributed by atoms with Gasteiger partial charge in [0.1, 0.15) is 12.4 Å². The summed E-state index contributed by atoms with van der Waals surface area (Å²) in [5, 5.41) is 37.6. The van der Waals surface area contributed by atoms with Gasteiger partial charge < -0.3 is 54.6 Å². The van der Waals surface area contributed by atoms with Crippen molar-refractivity contribution in [1.29, 1.82) is 0 Å². The molecule has 0 radical (unpaired) electrons. The highest BCUT2D eigenvalue weighted by molar-refractivity contribution is 6.35. The third-order valence-electron chi connectivity index (χ3n) is 1.24. The Kier molecular flexibility index (Phi) is 59.7. The molecule has 10 nitrogen and oxygen atoms in total. The van der Waals surface area contributed by atoms with E-state index in [2.05, 4.69) is 0 Å². The van der Waals surface area contributed by atoms with Crippen LogP contribution in [0.2, 0.25) is 10.0 Å². The van der Waals surface area contributed by atoms with Gasteiger partial charge in [0.05, 0.1) is 11.0 Å². The van der Waals surface area contributed by atoms with E-state index in [4.69, 9.17) is 43.3 Å². The maximum Gasteiger partial charge on any atom is 0.138 e. The monoisotopic (exact) mass is 426 g/mol. The van der Waals surface area contributed by atoms with Gasteiger partial charge in [-0.1, -0.05) is 44.0 Å². The highest BCUT2D eigenvalue weighted by atomic mass is 35.5. The Labute approximate surface area is 165 Å². The van der Waals surface area contributed by atoms with Crippen molar-refractivity contribution < 1.29 is 30.0 Å². The number of carbonyl (C=O) groups excluding carboxylic acids is 1. The van der Waals surface area contributed by atoms with Crippen LogP contribution in [0.25, 0.3) is 0 Å². The Morgan fingerprint density at radius 2 is 1.27 bits per heavy atom. The van der Waals surface area contributed by atoms with Gasteiger partial charge in [-0.3, -0.25) is 0 Å². The Hall–Kier alpha value is -1.21. The lowest BCUT2D eigenvalue weighted by Crippen LogP contribution is -2.28. The van der Waals surface area contributed by atoms with Crippen LogP contribution in [0.15, 0.2) is 18.2 Å². The van der Waals surface area contributed by atoms with Crippen LogP contribution in [0, 0.1) is 0 Å². The molecule has 0 aliphatic rings. The summed E-state index contributed by atoms with van der Waals surface area (Å²) in [5.74, 6) is -1.03. The minimum Gasteiger partial charge on any atom is -0.855 e. The first-order valence-electron chi connectivity index (χ1n) is 6.36. The van der Waals surface area contributed by atoms with E-state index in [-0.39, 0.29) is 55.2 Å². The van der Waals surface area contributed by atoms with Gasteiger partial charge in [0.2, 0.25) is 0 Å². The summed E-state index contributed by atoms with van der Waals surface area (Å²) in [6.07, 6.45) is 0. The summed E-state index contributed by atoms with van der Waals surface area (Å²) in [4.78, 5) is 10.0. The van der Waals surface area contributed by atoms with Crippen molar-refractivity contribution >= 4 is 29.2 Å². The second-order valence-corrected chi connectivity index (χ2v) is 3.95. The molecule has 0 atom stereocenters. The zero-order valence-electron chi connectivity index (χ0n) is 16.8. The number of carboxylic acid groups (broad SMARTS) is 1. The minimum absolute atomic E-state index is 0. The average Bonchev–Trinajstić information content (AvgIpc) is 2.40. The van der Waals surface area contributed by atoms with Crippen molar-refractivity contribution in [3.05, 3.63) is 28.2 Å². The fraction of sp³-hybridized carbons (Fsp3) is 0.500. The van der Waals surface area contributed by atoms with Gasteiger partial charge in [0.15, 0.2) is 0 Å². The fourth-order valence-electron chi connectivity index (χ4n) is 0.729. The predicted molar refractivity (Wildman–Crippen MR) is 103 cm³/mol. The van der Waals surface area contributed by atoms with Crippen molar-refractivity contribution in [3.63, 3.8) is 0 Å². The predicted octanol–water partition coefficient (Wildman–Crippen LogP) is 0.727. The lowest BCUT2D eigenvalue weighted by Gasteiger charge is -2.07. The first-order valence-corrected chi connectivity index (χ1v) is 7.11. The number of carbonyl (C=O) groups is 1. The normalized spacial score (nSPS) is 6.92. The van der Waals surface area contributed by atoms with E-state index in [0.717, 1.165) is 0 Å². The number of hydrogen-bond donors (Lipinski definition) is 4. The highest BCUT2D eigenvalue weighted by Gasteiger charge is 2.01. The Balaban J connectivity index is -0.0000000479. The third kappa shape index (κ3) is 38.4. The topological polar surface area (TPSA) is 265 Å². The van der Waals surface area contributed by atoms with E-state index < -0.39 is 12.6 Å². The van der Waals surface area contributed by atoms with Crippen LogP contribution in [0.1, 0.15) is 20.8 Å². The second-order valence-electron chi connectivity index (χ2n) is 3.10. The summed E-state index contributed by atoms with van der Waals surface area (Å²) >= 11 is 11.3. The van der Waals surface area contributed by atoms with Gasteiger partial charge in [0, 0.05) is 5.02 Å². The number of aliphatic carboxylic acids is 1. The van der Waals surface area contributed by atoms with Gasteiger partial charge in [0.25, 0.3) is 0 Å². The minimum atomic E-state index is -1.30. The molecule has 0 aliphatic heterocycles. The Morgan fingerprint density at radius 3 is 1.54 bits per heavy atom. The molecule has 162 valence electrons. The molecule has 1 aromatic carbocycles. The fourth-order valence-corrected chi connectivity index (χ4v) is 1.19. The average molecular weight is 427 g/mol. The van der Waals surface area contributed by atoms with Crippen molar-refractivity contribution in [2.45, 2.75) is 20.8 Å². The maximum absolute atomic E-state index is 10.0.